The number of hydrogen-bond acceptors (Lipinski definition) is 4. The third-order valence-corrected chi connectivity index (χ3v) is 2.17. The lowest BCUT2D eigenvalue weighted by Crippen LogP contribution is -2.29. The smallest absolute Gasteiger partial charge is 0.371 e. The van der Waals surface area contributed by atoms with Gasteiger partial charge in [0.1, 0.15) is 6.61 Å². The monoisotopic (exact) mass is 295 g/mol. The Morgan fingerprint density at radius 3 is 2.75 bits per heavy atom. The van der Waals surface area contributed by atoms with Crippen molar-refractivity contribution in [3.8, 4) is 0 Å². The van der Waals surface area contributed by atoms with Gasteiger partial charge in [-0.2, -0.15) is 13.2 Å². The third kappa shape index (κ3) is 5.00. The average molecular weight is 295 g/mol. The second-order valence-electron chi connectivity index (χ2n) is 3.69. The van der Waals surface area contributed by atoms with E-state index in [0.29, 0.717) is 0 Å². The van der Waals surface area contributed by atoms with Gasteiger partial charge in [0.15, 0.2) is 11.6 Å². The molecule has 0 spiro atoms. The van der Waals surface area contributed by atoms with Gasteiger partial charge in [0.2, 0.25) is 0 Å². The minimum absolute atomic E-state index is 0.0917. The molecule has 0 aliphatic rings. The molecule has 0 atom stereocenters. The van der Waals surface area contributed by atoms with Gasteiger partial charge in [0.05, 0.1) is 12.2 Å². The number of nitrogens with one attached hydrogen (secondary N) is 2. The topological polar surface area (TPSA) is 63.2 Å². The Morgan fingerprint density at radius 1 is 1.45 bits per heavy atom. The van der Waals surface area contributed by atoms with Crippen LogP contribution in [-0.4, -0.2) is 43.9 Å². The number of aromatic nitrogens is 1. The molecule has 5 nitrogen and oxygen atoms in total. The fraction of sp³-hybridized carbons (Fsp3) is 0.455. The van der Waals surface area contributed by atoms with Crippen LogP contribution in [0.2, 0.25) is 0 Å². The van der Waals surface area contributed by atoms with Gasteiger partial charge in [-0.25, -0.2) is 9.37 Å². The zero-order chi connectivity index (χ0) is 15.2. The van der Waals surface area contributed by atoms with Crippen molar-refractivity contribution in [2.24, 2.45) is 0 Å². The Bertz CT molecular complexity index is 465. The number of anilines is 1. The molecule has 0 unspecified atom stereocenters. The molecule has 20 heavy (non-hydrogen) atoms. The van der Waals surface area contributed by atoms with Gasteiger partial charge in [-0.3, -0.25) is 4.79 Å². The molecule has 0 aliphatic carbocycles. The van der Waals surface area contributed by atoms with Gasteiger partial charge in [-0.1, -0.05) is 0 Å². The van der Waals surface area contributed by atoms with E-state index >= 15 is 0 Å². The maximum absolute atomic E-state index is 13.7. The van der Waals surface area contributed by atoms with Crippen LogP contribution in [0.15, 0.2) is 12.3 Å². The van der Waals surface area contributed by atoms with Crippen LogP contribution in [0, 0.1) is 5.82 Å². The van der Waals surface area contributed by atoms with E-state index in [4.69, 9.17) is 0 Å². The summed E-state index contributed by atoms with van der Waals surface area (Å²) in [6.45, 7) is -1.88. The van der Waals surface area contributed by atoms with Gasteiger partial charge >= 0.3 is 6.18 Å². The van der Waals surface area contributed by atoms with Crippen molar-refractivity contribution in [1.29, 1.82) is 0 Å². The summed E-state index contributed by atoms with van der Waals surface area (Å²) < 4.78 is 53.3. The number of halogens is 4. The molecule has 9 heteroatoms. The maximum atomic E-state index is 13.7. The molecule has 1 heterocycles. The van der Waals surface area contributed by atoms with Crippen molar-refractivity contribution < 1.29 is 27.1 Å². The van der Waals surface area contributed by atoms with E-state index in [1.807, 2.05) is 0 Å². The molecule has 1 rings (SSSR count). The van der Waals surface area contributed by atoms with E-state index in [1.165, 1.54) is 19.3 Å². The molecule has 1 aromatic heterocycles. The molecule has 2 N–H and O–H groups in total. The number of rotatable bonds is 6. The second-order valence-corrected chi connectivity index (χ2v) is 3.69. The number of hydrogen-bond donors (Lipinski definition) is 2. The van der Waals surface area contributed by atoms with Gasteiger partial charge < -0.3 is 15.4 Å². The van der Waals surface area contributed by atoms with Crippen LogP contribution in [0.25, 0.3) is 0 Å². The van der Waals surface area contributed by atoms with Gasteiger partial charge in [-0.15, -0.1) is 0 Å². The Balaban J connectivity index is 2.44. The van der Waals surface area contributed by atoms with Crippen molar-refractivity contribution in [3.63, 3.8) is 0 Å². The van der Waals surface area contributed by atoms with Crippen LogP contribution in [0.3, 0.4) is 0 Å². The number of ether oxygens (including phenoxy) is 1. The highest BCUT2D eigenvalue weighted by molar-refractivity contribution is 5.95. The standard InChI is InChI=1S/C11H13F4N3O2/c1-16-9-8(12)7(2-3-17-9)10(19)18-4-5-20-6-11(13,14)15/h2-3H,4-6H2,1H3,(H,16,17)(H,18,19). The highest BCUT2D eigenvalue weighted by Crippen LogP contribution is 2.15. The summed E-state index contributed by atoms with van der Waals surface area (Å²) >= 11 is 0. The first-order valence-corrected chi connectivity index (χ1v) is 5.60. The zero-order valence-electron chi connectivity index (χ0n) is 10.6. The first-order chi connectivity index (χ1) is 9.35. The van der Waals surface area contributed by atoms with Crippen molar-refractivity contribution in [3.05, 3.63) is 23.6 Å². The number of pyridine rings is 1. The van der Waals surface area contributed by atoms with Crippen LogP contribution in [0.5, 0.6) is 0 Å². The molecule has 0 saturated heterocycles. The van der Waals surface area contributed by atoms with E-state index in [1.54, 1.807) is 0 Å². The third-order valence-electron chi connectivity index (χ3n) is 2.17. The lowest BCUT2D eigenvalue weighted by molar-refractivity contribution is -0.173. The van der Waals surface area contributed by atoms with E-state index < -0.39 is 24.5 Å². The maximum Gasteiger partial charge on any atom is 0.411 e. The van der Waals surface area contributed by atoms with Gasteiger partial charge in [-0.05, 0) is 6.07 Å². The molecule has 112 valence electrons. The molecule has 0 bridgehead atoms. The van der Waals surface area contributed by atoms with Crippen molar-refractivity contribution in [1.82, 2.24) is 10.3 Å². The summed E-state index contributed by atoms with van der Waals surface area (Å²) in [6.07, 6.45) is -3.17. The molecule has 0 radical (unpaired) electrons. The lowest BCUT2D eigenvalue weighted by atomic mass is 10.2. The quantitative estimate of drug-likeness (QED) is 0.618. The Labute approximate surface area is 112 Å². The summed E-state index contributed by atoms with van der Waals surface area (Å²) in [5.41, 5.74) is -0.250. The van der Waals surface area contributed by atoms with Crippen LogP contribution < -0.4 is 10.6 Å². The number of alkyl halides is 3. The molecule has 1 aromatic rings. The lowest BCUT2D eigenvalue weighted by Gasteiger charge is -2.09. The molecular weight excluding hydrogens is 282 g/mol. The summed E-state index contributed by atoms with van der Waals surface area (Å²) in [5, 5.41) is 4.72. The van der Waals surface area contributed by atoms with Crippen molar-refractivity contribution in [2.45, 2.75) is 6.18 Å². The molecule has 0 saturated carbocycles. The minimum Gasteiger partial charge on any atom is -0.371 e. The van der Waals surface area contributed by atoms with Crippen LogP contribution in [-0.2, 0) is 4.74 Å². The van der Waals surface area contributed by atoms with E-state index in [2.05, 4.69) is 20.4 Å². The molecule has 0 aliphatic heterocycles. The first-order valence-electron chi connectivity index (χ1n) is 5.60. The second kappa shape index (κ2) is 7.04. The highest BCUT2D eigenvalue weighted by Gasteiger charge is 2.27. The zero-order valence-corrected chi connectivity index (χ0v) is 10.6. The SMILES string of the molecule is CNc1nccc(C(=O)NCCOCC(F)(F)F)c1F. The summed E-state index contributed by atoms with van der Waals surface area (Å²) in [4.78, 5) is 15.3. The fourth-order valence-corrected chi connectivity index (χ4v) is 1.31. The van der Waals surface area contributed by atoms with Crippen LogP contribution >= 0.6 is 0 Å². The molecule has 1 amide bonds. The number of amides is 1. The van der Waals surface area contributed by atoms with Crippen molar-refractivity contribution >= 4 is 11.7 Å². The summed E-state index contributed by atoms with van der Waals surface area (Å²) in [5.74, 6) is -1.67. The number of carbonyl (C=O) groups excluding carboxylic acids is 1. The predicted octanol–water partition coefficient (Wildman–Crippen LogP) is 1.57. The summed E-state index contributed by atoms with van der Waals surface area (Å²) in [6, 6.07) is 1.17. The van der Waals surface area contributed by atoms with Gasteiger partial charge in [0, 0.05) is 19.8 Å². The van der Waals surface area contributed by atoms with E-state index in [9.17, 15) is 22.4 Å². The highest BCUT2D eigenvalue weighted by atomic mass is 19.4. The summed E-state index contributed by atoms with van der Waals surface area (Å²) in [7, 11) is 1.44. The Hall–Kier alpha value is -1.90. The van der Waals surface area contributed by atoms with E-state index in [-0.39, 0.29) is 24.5 Å². The minimum atomic E-state index is -4.41. The molecule has 0 fully saturated rings. The first kappa shape index (κ1) is 16.2. The molecular formula is C11H13F4N3O2. The Morgan fingerprint density at radius 2 is 2.15 bits per heavy atom. The molecule has 0 aromatic carbocycles. The Kier molecular flexibility index (Phi) is 5.68. The number of carbonyl (C=O) groups is 1. The normalized spacial score (nSPS) is 11.2. The van der Waals surface area contributed by atoms with Gasteiger partial charge in [0.25, 0.3) is 5.91 Å². The van der Waals surface area contributed by atoms with Crippen LogP contribution in [0.4, 0.5) is 23.4 Å². The van der Waals surface area contributed by atoms with Crippen molar-refractivity contribution in [2.75, 3.05) is 32.1 Å². The predicted molar refractivity (Wildman–Crippen MR) is 62.9 cm³/mol. The van der Waals surface area contributed by atoms with E-state index in [0.717, 1.165) is 0 Å². The number of nitrogens with zero attached hydrogens (tertiary/aromatic N) is 1. The fourth-order valence-electron chi connectivity index (χ4n) is 1.31. The largest absolute Gasteiger partial charge is 0.411 e. The average Bonchev–Trinajstić information content (AvgIpc) is 2.37. The van der Waals surface area contributed by atoms with Crippen LogP contribution in [0.1, 0.15) is 10.4 Å².